The Morgan fingerprint density at radius 1 is 1.09 bits per heavy atom. The number of pyridine rings is 2. The van der Waals surface area contributed by atoms with Crippen LogP contribution in [0, 0.1) is 6.92 Å². The van der Waals surface area contributed by atoms with Crippen molar-refractivity contribution in [1.29, 1.82) is 0 Å². The van der Waals surface area contributed by atoms with E-state index < -0.39 is 18.2 Å². The Balaban J connectivity index is 1.74. The monoisotopic (exact) mass is 457 g/mol. The van der Waals surface area contributed by atoms with Crippen LogP contribution in [0.5, 0.6) is 5.75 Å². The molecule has 0 bridgehead atoms. The number of hydrogen-bond acceptors (Lipinski definition) is 7. The third-order valence-electron chi connectivity index (χ3n) is 4.86. The van der Waals surface area contributed by atoms with E-state index >= 15 is 0 Å². The number of ether oxygens (including phenoxy) is 1. The molecule has 0 saturated carbocycles. The average molecular weight is 457 g/mol. The first-order valence-corrected chi connectivity index (χ1v) is 10.2. The molecule has 0 aliphatic rings. The first-order valence-electron chi connectivity index (χ1n) is 10.2. The lowest BCUT2D eigenvalue weighted by Gasteiger charge is -2.23. The molecule has 3 aromatic heterocycles. The minimum Gasteiger partial charge on any atom is -0.484 e. The van der Waals surface area contributed by atoms with Gasteiger partial charge in [0.1, 0.15) is 11.4 Å². The molecule has 0 aliphatic carbocycles. The van der Waals surface area contributed by atoms with E-state index in [2.05, 4.69) is 20.5 Å². The summed E-state index contributed by atoms with van der Waals surface area (Å²) >= 11 is 0. The molecule has 7 nitrogen and oxygen atoms in total. The summed E-state index contributed by atoms with van der Waals surface area (Å²) in [4.78, 5) is 8.75. The van der Waals surface area contributed by atoms with Crippen molar-refractivity contribution in [1.82, 2.24) is 20.2 Å². The van der Waals surface area contributed by atoms with Gasteiger partial charge in [0, 0.05) is 11.6 Å². The van der Waals surface area contributed by atoms with Crippen LogP contribution >= 0.6 is 0 Å². The number of benzene rings is 1. The summed E-state index contributed by atoms with van der Waals surface area (Å²) in [5.41, 5.74) is 2.92. The third kappa shape index (κ3) is 5.21. The van der Waals surface area contributed by atoms with Crippen molar-refractivity contribution in [3.8, 4) is 17.3 Å². The van der Waals surface area contributed by atoms with Gasteiger partial charge in [0.15, 0.2) is 6.61 Å². The zero-order valence-electron chi connectivity index (χ0n) is 18.5. The minimum absolute atomic E-state index is 0.142. The Morgan fingerprint density at radius 3 is 2.55 bits per heavy atom. The van der Waals surface area contributed by atoms with Gasteiger partial charge in [0.2, 0.25) is 0 Å². The zero-order valence-corrected chi connectivity index (χ0v) is 18.5. The molecule has 3 heterocycles. The van der Waals surface area contributed by atoms with Crippen molar-refractivity contribution in [3.05, 3.63) is 53.9 Å². The Morgan fingerprint density at radius 2 is 1.88 bits per heavy atom. The lowest BCUT2D eigenvalue weighted by atomic mass is 9.84. The molecule has 0 radical (unpaired) electrons. The molecule has 0 atom stereocenters. The largest absolute Gasteiger partial charge is 0.484 e. The van der Waals surface area contributed by atoms with Crippen LogP contribution < -0.4 is 10.1 Å². The summed E-state index contributed by atoms with van der Waals surface area (Å²) in [6, 6.07) is 8.70. The van der Waals surface area contributed by atoms with Crippen LogP contribution in [0.1, 0.15) is 31.9 Å². The Hall–Kier alpha value is -3.69. The molecule has 0 saturated heterocycles. The molecule has 4 aromatic rings. The Kier molecular flexibility index (Phi) is 5.69. The molecule has 0 unspecified atom stereocenters. The predicted molar refractivity (Wildman–Crippen MR) is 118 cm³/mol. The SMILES string of the molecule is Cc1cc(-c2nnc(Nc3cccnc3)o2)nc2c(C(C)(C)C)cc(OCC(F)(F)F)cc12. The number of aromatic nitrogens is 4. The summed E-state index contributed by atoms with van der Waals surface area (Å²) < 4.78 is 48.8. The molecule has 0 fully saturated rings. The molecule has 1 N–H and O–H groups in total. The van der Waals surface area contributed by atoms with Gasteiger partial charge in [-0.25, -0.2) is 4.98 Å². The van der Waals surface area contributed by atoms with E-state index in [1.165, 1.54) is 0 Å². The van der Waals surface area contributed by atoms with E-state index in [-0.39, 0.29) is 17.7 Å². The van der Waals surface area contributed by atoms with Gasteiger partial charge in [0.05, 0.1) is 17.4 Å². The second kappa shape index (κ2) is 8.34. The van der Waals surface area contributed by atoms with E-state index in [1.807, 2.05) is 33.8 Å². The van der Waals surface area contributed by atoms with Gasteiger partial charge < -0.3 is 14.5 Å². The van der Waals surface area contributed by atoms with E-state index in [9.17, 15) is 13.2 Å². The highest BCUT2D eigenvalue weighted by molar-refractivity contribution is 5.89. The Labute approximate surface area is 188 Å². The quantitative estimate of drug-likeness (QED) is 0.395. The lowest BCUT2D eigenvalue weighted by molar-refractivity contribution is -0.153. The fourth-order valence-corrected chi connectivity index (χ4v) is 3.33. The van der Waals surface area contributed by atoms with Crippen LogP contribution in [0.15, 0.2) is 47.1 Å². The fourth-order valence-electron chi connectivity index (χ4n) is 3.33. The number of hydrogen-bond donors (Lipinski definition) is 1. The van der Waals surface area contributed by atoms with E-state index in [0.29, 0.717) is 22.3 Å². The number of halogens is 3. The smallest absolute Gasteiger partial charge is 0.422 e. The lowest BCUT2D eigenvalue weighted by Crippen LogP contribution is -2.20. The maximum absolute atomic E-state index is 12.7. The highest BCUT2D eigenvalue weighted by atomic mass is 19.4. The summed E-state index contributed by atoms with van der Waals surface area (Å²) in [7, 11) is 0. The standard InChI is InChI=1S/C23H22F3N5O2/c1-13-8-18(20-30-31-21(33-20)28-14-6-5-7-27-11-14)29-19-16(13)9-15(32-12-23(24,25)26)10-17(19)22(2,3)4/h5-11H,12H2,1-4H3,(H,28,31). The van der Waals surface area contributed by atoms with Crippen LogP contribution in [0.3, 0.4) is 0 Å². The molecule has 33 heavy (non-hydrogen) atoms. The van der Waals surface area contributed by atoms with Gasteiger partial charge in [-0.3, -0.25) is 4.98 Å². The van der Waals surface area contributed by atoms with Crippen LogP contribution in [0.4, 0.5) is 24.9 Å². The molecule has 4 rings (SSSR count). The van der Waals surface area contributed by atoms with Crippen molar-refractivity contribution < 1.29 is 22.3 Å². The zero-order chi connectivity index (χ0) is 23.8. The third-order valence-corrected chi connectivity index (χ3v) is 4.86. The minimum atomic E-state index is -4.42. The first kappa shape index (κ1) is 22.5. The highest BCUT2D eigenvalue weighted by Gasteiger charge is 2.29. The van der Waals surface area contributed by atoms with Crippen molar-refractivity contribution in [2.75, 3.05) is 11.9 Å². The number of nitrogens with one attached hydrogen (secondary N) is 1. The van der Waals surface area contributed by atoms with Crippen LogP contribution in [0.25, 0.3) is 22.5 Å². The maximum Gasteiger partial charge on any atom is 0.422 e. The van der Waals surface area contributed by atoms with Crippen molar-refractivity contribution >= 4 is 22.6 Å². The topological polar surface area (TPSA) is 86.0 Å². The molecular weight excluding hydrogens is 435 g/mol. The maximum atomic E-state index is 12.7. The van der Waals surface area contributed by atoms with Gasteiger partial charge >= 0.3 is 12.2 Å². The number of anilines is 2. The fraction of sp³-hybridized carbons (Fsp3) is 0.304. The van der Waals surface area contributed by atoms with Crippen molar-refractivity contribution in [3.63, 3.8) is 0 Å². The summed E-state index contributed by atoms with van der Waals surface area (Å²) in [5, 5.41) is 11.8. The molecule has 0 spiro atoms. The summed E-state index contributed by atoms with van der Waals surface area (Å²) in [6.07, 6.45) is -1.15. The molecule has 1 aromatic carbocycles. The van der Waals surface area contributed by atoms with E-state index in [1.54, 1.807) is 36.7 Å². The van der Waals surface area contributed by atoms with E-state index in [4.69, 9.17) is 14.1 Å². The molecule has 10 heteroatoms. The van der Waals surface area contributed by atoms with Crippen LogP contribution in [0.2, 0.25) is 0 Å². The summed E-state index contributed by atoms with van der Waals surface area (Å²) in [5.74, 6) is 0.354. The number of fused-ring (bicyclic) bond motifs is 1. The molecule has 0 amide bonds. The second-order valence-electron chi connectivity index (χ2n) is 8.62. The predicted octanol–water partition coefficient (Wildman–Crippen LogP) is 5.97. The number of alkyl halides is 3. The van der Waals surface area contributed by atoms with Crippen LogP contribution in [-0.4, -0.2) is 32.9 Å². The normalized spacial score (nSPS) is 12.2. The van der Waals surface area contributed by atoms with Gasteiger partial charge in [-0.2, -0.15) is 13.2 Å². The van der Waals surface area contributed by atoms with Gasteiger partial charge in [-0.15, -0.1) is 5.10 Å². The summed E-state index contributed by atoms with van der Waals surface area (Å²) in [6.45, 7) is 6.37. The second-order valence-corrected chi connectivity index (χ2v) is 8.62. The number of rotatable bonds is 5. The molecule has 172 valence electrons. The first-order chi connectivity index (χ1) is 15.5. The molecule has 0 aliphatic heterocycles. The number of aryl methyl sites for hydroxylation is 1. The number of nitrogens with zero attached hydrogens (tertiary/aromatic N) is 4. The Bertz CT molecular complexity index is 1280. The van der Waals surface area contributed by atoms with Crippen molar-refractivity contribution in [2.45, 2.75) is 39.3 Å². The van der Waals surface area contributed by atoms with Crippen molar-refractivity contribution in [2.24, 2.45) is 0 Å². The van der Waals surface area contributed by atoms with Gasteiger partial charge in [0.25, 0.3) is 5.89 Å². The van der Waals surface area contributed by atoms with Gasteiger partial charge in [-0.05, 0) is 53.8 Å². The van der Waals surface area contributed by atoms with Gasteiger partial charge in [-0.1, -0.05) is 25.9 Å². The highest BCUT2D eigenvalue weighted by Crippen LogP contribution is 2.36. The molecular formula is C23H22F3N5O2. The average Bonchev–Trinajstić information content (AvgIpc) is 3.20. The van der Waals surface area contributed by atoms with E-state index in [0.717, 1.165) is 11.1 Å². The van der Waals surface area contributed by atoms with Crippen LogP contribution in [-0.2, 0) is 5.41 Å².